The Bertz CT molecular complexity index is 222. The Morgan fingerprint density at radius 2 is 2.00 bits per heavy atom. The molecule has 0 spiro atoms. The minimum atomic E-state index is -1.27. The number of amides is 1. The molecule has 0 radical (unpaired) electrons. The third-order valence-corrected chi connectivity index (χ3v) is 1.43. The predicted octanol–water partition coefficient (Wildman–Crippen LogP) is -1.32. The number of aliphatic hydroxyl groups excluding tert-OH is 1. The quantitative estimate of drug-likeness (QED) is 0.443. The number of hydrogen-bond donors (Lipinski definition) is 4. The van der Waals surface area contributed by atoms with Crippen LogP contribution in [0.25, 0.3) is 0 Å². The molecule has 0 heterocycles. The van der Waals surface area contributed by atoms with Gasteiger partial charge in [0.05, 0.1) is 6.61 Å². The minimum absolute atomic E-state index is 0.0107. The molecule has 82 valence electrons. The maximum absolute atomic E-state index is 11.2. The zero-order valence-electron chi connectivity index (χ0n) is 8.28. The van der Waals surface area contributed by atoms with Gasteiger partial charge in [0, 0.05) is 12.0 Å². The van der Waals surface area contributed by atoms with Crippen molar-refractivity contribution in [3.63, 3.8) is 0 Å². The van der Waals surface area contributed by atoms with E-state index in [4.69, 9.17) is 15.9 Å². The number of aliphatic carboxylic acids is 1. The first-order valence-electron chi connectivity index (χ1n) is 4.18. The molecule has 6 nitrogen and oxygen atoms in total. The summed E-state index contributed by atoms with van der Waals surface area (Å²) in [5.41, 5.74) is 4.87. The lowest BCUT2D eigenvalue weighted by Gasteiger charge is -2.19. The van der Waals surface area contributed by atoms with Crippen molar-refractivity contribution in [1.29, 1.82) is 0 Å². The summed E-state index contributed by atoms with van der Waals surface area (Å²) >= 11 is 0. The minimum Gasteiger partial charge on any atom is -0.480 e. The van der Waals surface area contributed by atoms with Gasteiger partial charge in [-0.2, -0.15) is 0 Å². The zero-order chi connectivity index (χ0) is 11.4. The first-order valence-corrected chi connectivity index (χ1v) is 4.18. The second-order valence-corrected chi connectivity index (χ2v) is 3.81. The van der Waals surface area contributed by atoms with Crippen LogP contribution in [0.1, 0.15) is 20.3 Å². The predicted molar refractivity (Wildman–Crippen MR) is 49.5 cm³/mol. The normalized spacial score (nSPS) is 13.4. The Hall–Kier alpha value is -1.14. The van der Waals surface area contributed by atoms with Gasteiger partial charge in [0.15, 0.2) is 0 Å². The molecule has 14 heavy (non-hydrogen) atoms. The van der Waals surface area contributed by atoms with Gasteiger partial charge in [0.2, 0.25) is 5.91 Å². The van der Waals surface area contributed by atoms with Crippen LogP contribution >= 0.6 is 0 Å². The summed E-state index contributed by atoms with van der Waals surface area (Å²) in [6, 6.07) is -1.26. The number of nitrogens with two attached hydrogens (primary N) is 1. The molecule has 0 aromatic rings. The second kappa shape index (κ2) is 4.92. The molecule has 0 rings (SSSR count). The third-order valence-electron chi connectivity index (χ3n) is 1.43. The number of rotatable bonds is 5. The van der Waals surface area contributed by atoms with Crippen LogP contribution in [0.3, 0.4) is 0 Å². The Morgan fingerprint density at radius 1 is 1.50 bits per heavy atom. The highest BCUT2D eigenvalue weighted by atomic mass is 16.4. The van der Waals surface area contributed by atoms with E-state index in [0.717, 1.165) is 0 Å². The van der Waals surface area contributed by atoms with Gasteiger partial charge in [-0.25, -0.2) is 4.79 Å². The van der Waals surface area contributed by atoms with Gasteiger partial charge in [0.25, 0.3) is 0 Å². The standard InChI is InChI=1S/C8H16N2O4/c1-8(2,9)3-6(12)10-5(4-11)7(13)14/h5,11H,3-4,9H2,1-2H3,(H,10,12)(H,13,14)/t5-/m1/s1. The number of nitrogens with one attached hydrogen (secondary N) is 1. The molecule has 0 saturated heterocycles. The van der Waals surface area contributed by atoms with E-state index in [-0.39, 0.29) is 6.42 Å². The molecule has 0 saturated carbocycles. The number of carbonyl (C=O) groups is 2. The molecule has 5 N–H and O–H groups in total. The highest BCUT2D eigenvalue weighted by Crippen LogP contribution is 2.02. The Balaban J connectivity index is 4.11. The molecule has 0 unspecified atom stereocenters. The molecular weight excluding hydrogens is 188 g/mol. The van der Waals surface area contributed by atoms with Crippen LogP contribution in [0.15, 0.2) is 0 Å². The number of carboxylic acids is 1. The van der Waals surface area contributed by atoms with Crippen LogP contribution in [0, 0.1) is 0 Å². The van der Waals surface area contributed by atoms with E-state index >= 15 is 0 Å². The lowest BCUT2D eigenvalue weighted by Crippen LogP contribution is -2.47. The largest absolute Gasteiger partial charge is 0.480 e. The van der Waals surface area contributed by atoms with Crippen LogP contribution < -0.4 is 11.1 Å². The molecule has 0 aromatic heterocycles. The summed E-state index contributed by atoms with van der Waals surface area (Å²) in [4.78, 5) is 21.6. The summed E-state index contributed by atoms with van der Waals surface area (Å²) < 4.78 is 0. The average molecular weight is 204 g/mol. The molecule has 1 atom stereocenters. The van der Waals surface area contributed by atoms with E-state index in [1.807, 2.05) is 0 Å². The monoisotopic (exact) mass is 204 g/mol. The first kappa shape index (κ1) is 12.9. The van der Waals surface area contributed by atoms with Crippen molar-refractivity contribution < 1.29 is 19.8 Å². The summed E-state index contributed by atoms with van der Waals surface area (Å²) in [7, 11) is 0. The lowest BCUT2D eigenvalue weighted by molar-refractivity contribution is -0.143. The fraction of sp³-hybridized carbons (Fsp3) is 0.750. The van der Waals surface area contributed by atoms with Crippen molar-refractivity contribution in [2.75, 3.05) is 6.61 Å². The van der Waals surface area contributed by atoms with E-state index in [9.17, 15) is 9.59 Å². The van der Waals surface area contributed by atoms with Crippen molar-refractivity contribution in [3.8, 4) is 0 Å². The molecule has 1 amide bonds. The summed E-state index contributed by atoms with van der Waals surface area (Å²) in [5, 5.41) is 19.3. The second-order valence-electron chi connectivity index (χ2n) is 3.81. The van der Waals surface area contributed by atoms with E-state index in [0.29, 0.717) is 0 Å². The number of carboxylic acid groups (broad SMARTS) is 1. The number of hydrogen-bond acceptors (Lipinski definition) is 4. The first-order chi connectivity index (χ1) is 6.26. The van der Waals surface area contributed by atoms with Gasteiger partial charge in [-0.05, 0) is 13.8 Å². The van der Waals surface area contributed by atoms with Crippen molar-refractivity contribution in [2.45, 2.75) is 31.8 Å². The average Bonchev–Trinajstić information content (AvgIpc) is 1.96. The van der Waals surface area contributed by atoms with Gasteiger partial charge in [-0.1, -0.05) is 0 Å². The van der Waals surface area contributed by atoms with E-state index in [1.165, 1.54) is 0 Å². The van der Waals surface area contributed by atoms with Crippen molar-refractivity contribution >= 4 is 11.9 Å². The summed E-state index contributed by atoms with van der Waals surface area (Å²) in [5.74, 6) is -1.75. The van der Waals surface area contributed by atoms with Gasteiger partial charge in [-0.3, -0.25) is 4.79 Å². The Kier molecular flexibility index (Phi) is 4.52. The molecule has 0 aliphatic carbocycles. The van der Waals surface area contributed by atoms with Gasteiger partial charge < -0.3 is 21.3 Å². The SMILES string of the molecule is CC(C)(N)CC(=O)N[C@H](CO)C(=O)O. The third kappa shape index (κ3) is 5.50. The topological polar surface area (TPSA) is 113 Å². The molecule has 0 fully saturated rings. The maximum atomic E-state index is 11.2. The summed E-state index contributed by atoms with van der Waals surface area (Å²) in [6.07, 6.45) is 0.0107. The Morgan fingerprint density at radius 3 is 2.29 bits per heavy atom. The van der Waals surface area contributed by atoms with Crippen molar-refractivity contribution in [1.82, 2.24) is 5.32 Å². The molecule has 0 bridgehead atoms. The molecular formula is C8H16N2O4. The molecule has 6 heteroatoms. The number of carbonyl (C=O) groups excluding carboxylic acids is 1. The van der Waals surface area contributed by atoms with Gasteiger partial charge >= 0.3 is 5.97 Å². The van der Waals surface area contributed by atoms with Crippen LogP contribution in [0.5, 0.6) is 0 Å². The molecule has 0 aliphatic rings. The zero-order valence-corrected chi connectivity index (χ0v) is 8.28. The van der Waals surface area contributed by atoms with E-state index in [1.54, 1.807) is 13.8 Å². The van der Waals surface area contributed by atoms with Gasteiger partial charge in [0.1, 0.15) is 6.04 Å². The van der Waals surface area contributed by atoms with Gasteiger partial charge in [-0.15, -0.1) is 0 Å². The van der Waals surface area contributed by atoms with Crippen LogP contribution in [-0.2, 0) is 9.59 Å². The van der Waals surface area contributed by atoms with Crippen molar-refractivity contribution in [2.24, 2.45) is 5.73 Å². The fourth-order valence-corrected chi connectivity index (χ4v) is 0.845. The maximum Gasteiger partial charge on any atom is 0.328 e. The smallest absolute Gasteiger partial charge is 0.328 e. The van der Waals surface area contributed by atoms with E-state index in [2.05, 4.69) is 5.32 Å². The fourth-order valence-electron chi connectivity index (χ4n) is 0.845. The van der Waals surface area contributed by atoms with Crippen LogP contribution in [0.2, 0.25) is 0 Å². The van der Waals surface area contributed by atoms with Crippen LogP contribution in [0.4, 0.5) is 0 Å². The highest BCUT2D eigenvalue weighted by molar-refractivity contribution is 5.84. The lowest BCUT2D eigenvalue weighted by atomic mass is 10.0. The Labute approximate surface area is 82.1 Å². The number of aliphatic hydroxyl groups is 1. The molecule has 0 aromatic carbocycles. The van der Waals surface area contributed by atoms with E-state index < -0.39 is 30.1 Å². The summed E-state index contributed by atoms with van der Waals surface area (Å²) in [6.45, 7) is 2.68. The highest BCUT2D eigenvalue weighted by Gasteiger charge is 2.22. The molecule has 0 aliphatic heterocycles. The van der Waals surface area contributed by atoms with Crippen LogP contribution in [-0.4, -0.2) is 40.3 Å². The van der Waals surface area contributed by atoms with Crippen molar-refractivity contribution in [3.05, 3.63) is 0 Å².